The molecule has 0 aliphatic rings. The summed E-state index contributed by atoms with van der Waals surface area (Å²) in [6, 6.07) is 2.17. The van der Waals surface area contributed by atoms with Gasteiger partial charge in [0.25, 0.3) is 0 Å². The van der Waals surface area contributed by atoms with Crippen molar-refractivity contribution in [2.45, 2.75) is 39.7 Å². The van der Waals surface area contributed by atoms with Gasteiger partial charge in [-0.05, 0) is 33.3 Å². The molecule has 0 spiro atoms. The zero-order valence-electron chi connectivity index (χ0n) is 12.6. The number of hydrogen-bond acceptors (Lipinski definition) is 5. The highest BCUT2D eigenvalue weighted by atomic mass is 32.1. The average molecular weight is 307 g/mol. The number of nitrogens with one attached hydrogen (secondary N) is 1. The molecule has 1 amide bonds. The molecule has 0 aliphatic carbocycles. The van der Waals surface area contributed by atoms with Gasteiger partial charge in [-0.3, -0.25) is 9.48 Å². The molecule has 0 fully saturated rings. The van der Waals surface area contributed by atoms with Crippen LogP contribution in [0.25, 0.3) is 0 Å². The predicted molar refractivity (Wildman–Crippen MR) is 84.3 cm³/mol. The number of nitrogen functional groups attached to an aromatic ring is 1. The van der Waals surface area contributed by atoms with Gasteiger partial charge in [-0.2, -0.15) is 5.10 Å². The fraction of sp³-hybridized carbons (Fsp3) is 0.500. The number of nitrogens with two attached hydrogens (primary N) is 1. The predicted octanol–water partition coefficient (Wildman–Crippen LogP) is 1.85. The maximum atomic E-state index is 11.9. The molecule has 3 N–H and O–H groups in total. The Morgan fingerprint density at radius 2 is 2.29 bits per heavy atom. The summed E-state index contributed by atoms with van der Waals surface area (Å²) in [4.78, 5) is 16.0. The lowest BCUT2D eigenvalue weighted by Crippen LogP contribution is -2.30. The number of rotatable bonds is 6. The molecule has 0 radical (unpaired) electrons. The van der Waals surface area contributed by atoms with Crippen LogP contribution >= 0.6 is 11.3 Å². The molecular formula is C14H21N5OS. The number of aromatic nitrogens is 3. The van der Waals surface area contributed by atoms with Crippen LogP contribution in [0.2, 0.25) is 0 Å². The smallest absolute Gasteiger partial charge is 0.220 e. The number of carbonyl (C=O) groups is 1. The zero-order valence-corrected chi connectivity index (χ0v) is 13.4. The molecule has 114 valence electrons. The SMILES string of the molecule is Cc1cc(C)n([C@H](C)CNC(=O)CCc2csc(N)n2)n1. The van der Waals surface area contributed by atoms with E-state index in [1.165, 1.54) is 11.3 Å². The topological polar surface area (TPSA) is 85.8 Å². The lowest BCUT2D eigenvalue weighted by Gasteiger charge is -2.15. The fourth-order valence-corrected chi connectivity index (χ4v) is 2.81. The monoisotopic (exact) mass is 307 g/mol. The van der Waals surface area contributed by atoms with E-state index in [1.54, 1.807) is 0 Å². The van der Waals surface area contributed by atoms with Gasteiger partial charge in [0.1, 0.15) is 0 Å². The lowest BCUT2D eigenvalue weighted by atomic mass is 10.2. The first kappa shape index (κ1) is 15.5. The normalized spacial score (nSPS) is 12.3. The molecule has 0 aliphatic heterocycles. The second-order valence-electron chi connectivity index (χ2n) is 5.20. The molecule has 6 nitrogen and oxygen atoms in total. The Morgan fingerprint density at radius 1 is 1.52 bits per heavy atom. The summed E-state index contributed by atoms with van der Waals surface area (Å²) < 4.78 is 1.94. The van der Waals surface area contributed by atoms with E-state index in [0.717, 1.165) is 17.1 Å². The zero-order chi connectivity index (χ0) is 15.4. The van der Waals surface area contributed by atoms with E-state index in [4.69, 9.17) is 5.73 Å². The number of aryl methyl sites for hydroxylation is 3. The van der Waals surface area contributed by atoms with E-state index >= 15 is 0 Å². The van der Waals surface area contributed by atoms with Crippen LogP contribution in [0.5, 0.6) is 0 Å². The minimum absolute atomic E-state index is 0.0231. The van der Waals surface area contributed by atoms with Gasteiger partial charge in [-0.15, -0.1) is 11.3 Å². The van der Waals surface area contributed by atoms with E-state index in [0.29, 0.717) is 24.5 Å². The summed E-state index contributed by atoms with van der Waals surface area (Å²) in [5.74, 6) is 0.0231. The number of carbonyl (C=O) groups excluding carboxylic acids is 1. The van der Waals surface area contributed by atoms with Crippen molar-refractivity contribution in [2.24, 2.45) is 0 Å². The summed E-state index contributed by atoms with van der Waals surface area (Å²) in [6.45, 7) is 6.60. The van der Waals surface area contributed by atoms with Crippen molar-refractivity contribution in [1.29, 1.82) is 0 Å². The standard InChI is InChI=1S/C14H21N5OS/c1-9-6-10(2)19(18-9)11(3)7-16-13(20)5-4-12-8-21-14(15)17-12/h6,8,11H,4-5,7H2,1-3H3,(H2,15,17)(H,16,20)/t11-/m1/s1. The van der Waals surface area contributed by atoms with Crippen molar-refractivity contribution in [3.05, 3.63) is 28.5 Å². The Hall–Kier alpha value is -1.89. The van der Waals surface area contributed by atoms with Gasteiger partial charge in [0.05, 0.1) is 17.4 Å². The van der Waals surface area contributed by atoms with Gasteiger partial charge >= 0.3 is 0 Å². The molecule has 0 saturated carbocycles. The van der Waals surface area contributed by atoms with Gasteiger partial charge in [-0.1, -0.05) is 0 Å². The van der Waals surface area contributed by atoms with Crippen molar-refractivity contribution in [2.75, 3.05) is 12.3 Å². The van der Waals surface area contributed by atoms with Gasteiger partial charge in [0, 0.05) is 24.0 Å². The quantitative estimate of drug-likeness (QED) is 0.853. The van der Waals surface area contributed by atoms with Crippen LogP contribution in [0, 0.1) is 13.8 Å². The third kappa shape index (κ3) is 4.29. The summed E-state index contributed by atoms with van der Waals surface area (Å²) in [5.41, 5.74) is 8.53. The molecule has 0 saturated heterocycles. The molecule has 2 heterocycles. The van der Waals surface area contributed by atoms with Crippen molar-refractivity contribution in [1.82, 2.24) is 20.1 Å². The third-order valence-electron chi connectivity index (χ3n) is 3.23. The molecule has 2 rings (SSSR count). The molecule has 1 atom stereocenters. The van der Waals surface area contributed by atoms with Crippen LogP contribution in [-0.2, 0) is 11.2 Å². The van der Waals surface area contributed by atoms with Gasteiger partial charge in [0.2, 0.25) is 5.91 Å². The number of amides is 1. The minimum atomic E-state index is 0.0231. The van der Waals surface area contributed by atoms with Gasteiger partial charge < -0.3 is 11.1 Å². The van der Waals surface area contributed by atoms with Crippen LogP contribution in [0.1, 0.15) is 36.5 Å². The van der Waals surface area contributed by atoms with E-state index < -0.39 is 0 Å². The Morgan fingerprint density at radius 3 is 2.86 bits per heavy atom. The molecule has 7 heteroatoms. The number of thiazole rings is 1. The Balaban J connectivity index is 1.77. The molecule has 2 aromatic heterocycles. The van der Waals surface area contributed by atoms with Crippen molar-refractivity contribution >= 4 is 22.4 Å². The molecular weight excluding hydrogens is 286 g/mol. The Kier molecular flexibility index (Phi) is 4.95. The number of anilines is 1. The fourth-order valence-electron chi connectivity index (χ4n) is 2.21. The van der Waals surface area contributed by atoms with Crippen LogP contribution in [0.3, 0.4) is 0 Å². The van der Waals surface area contributed by atoms with Crippen molar-refractivity contribution in [3.63, 3.8) is 0 Å². The Labute approximate surface area is 128 Å². The van der Waals surface area contributed by atoms with Gasteiger partial charge in [0.15, 0.2) is 5.13 Å². The Bertz CT molecular complexity index is 619. The largest absolute Gasteiger partial charge is 0.375 e. The maximum absolute atomic E-state index is 11.9. The summed E-state index contributed by atoms with van der Waals surface area (Å²) in [5, 5.41) is 9.80. The molecule has 0 aromatic carbocycles. The first-order valence-corrected chi connectivity index (χ1v) is 7.83. The van der Waals surface area contributed by atoms with Crippen LogP contribution < -0.4 is 11.1 Å². The molecule has 21 heavy (non-hydrogen) atoms. The van der Waals surface area contributed by atoms with Crippen molar-refractivity contribution < 1.29 is 4.79 Å². The number of nitrogens with zero attached hydrogens (tertiary/aromatic N) is 3. The second kappa shape index (κ2) is 6.71. The molecule has 0 bridgehead atoms. The van der Waals surface area contributed by atoms with E-state index in [1.807, 2.05) is 36.9 Å². The second-order valence-corrected chi connectivity index (χ2v) is 6.09. The first-order chi connectivity index (χ1) is 9.95. The van der Waals surface area contributed by atoms with Crippen molar-refractivity contribution in [3.8, 4) is 0 Å². The van der Waals surface area contributed by atoms with Gasteiger partial charge in [-0.25, -0.2) is 4.98 Å². The van der Waals surface area contributed by atoms with Crippen LogP contribution in [0.15, 0.2) is 11.4 Å². The van der Waals surface area contributed by atoms with Crippen LogP contribution in [-0.4, -0.2) is 27.2 Å². The highest BCUT2D eigenvalue weighted by Gasteiger charge is 2.11. The lowest BCUT2D eigenvalue weighted by molar-refractivity contribution is -0.121. The van der Waals surface area contributed by atoms with E-state index in [-0.39, 0.29) is 11.9 Å². The molecule has 0 unspecified atom stereocenters. The highest BCUT2D eigenvalue weighted by molar-refractivity contribution is 7.13. The average Bonchev–Trinajstić information content (AvgIpc) is 2.99. The van der Waals surface area contributed by atoms with E-state index in [9.17, 15) is 4.79 Å². The molecule has 2 aromatic rings. The highest BCUT2D eigenvalue weighted by Crippen LogP contribution is 2.13. The maximum Gasteiger partial charge on any atom is 0.220 e. The minimum Gasteiger partial charge on any atom is -0.375 e. The summed E-state index contributed by atoms with van der Waals surface area (Å²) >= 11 is 1.40. The number of hydrogen-bond donors (Lipinski definition) is 2. The third-order valence-corrected chi connectivity index (χ3v) is 3.96. The first-order valence-electron chi connectivity index (χ1n) is 6.95. The van der Waals surface area contributed by atoms with E-state index in [2.05, 4.69) is 15.4 Å². The summed E-state index contributed by atoms with van der Waals surface area (Å²) in [6.07, 6.45) is 1.04. The van der Waals surface area contributed by atoms with Crippen LogP contribution in [0.4, 0.5) is 5.13 Å². The summed E-state index contributed by atoms with van der Waals surface area (Å²) in [7, 11) is 0.